The molecule has 1 aromatic carbocycles. The molecule has 0 saturated carbocycles. The van der Waals surface area contributed by atoms with E-state index in [1.807, 2.05) is 38.2 Å². The molecule has 2 rings (SSSR count). The number of nitrogens with one attached hydrogen (secondary N) is 2. The first-order valence-electron chi connectivity index (χ1n) is 7.42. The Kier molecular flexibility index (Phi) is 5.56. The van der Waals surface area contributed by atoms with Gasteiger partial charge in [-0.15, -0.1) is 0 Å². The van der Waals surface area contributed by atoms with Crippen molar-refractivity contribution in [2.45, 2.75) is 32.2 Å². The summed E-state index contributed by atoms with van der Waals surface area (Å²) in [4.78, 5) is 14.1. The summed E-state index contributed by atoms with van der Waals surface area (Å²) in [6.45, 7) is 4.51. The molecule has 2 N–H and O–H groups in total. The molecule has 1 atom stereocenters. The van der Waals surface area contributed by atoms with E-state index in [9.17, 15) is 4.79 Å². The Balaban J connectivity index is 1.74. The number of rotatable bonds is 5. The molecular formula is C16H25N3O. The molecule has 1 amide bonds. The molecule has 4 heteroatoms. The van der Waals surface area contributed by atoms with Crippen molar-refractivity contribution in [1.29, 1.82) is 0 Å². The molecule has 1 heterocycles. The number of hydrogen-bond donors (Lipinski definition) is 2. The van der Waals surface area contributed by atoms with Gasteiger partial charge in [0.1, 0.15) is 0 Å². The van der Waals surface area contributed by atoms with Crippen LogP contribution in [0.2, 0.25) is 0 Å². The second-order valence-corrected chi connectivity index (χ2v) is 5.76. The van der Waals surface area contributed by atoms with Crippen LogP contribution in [0, 0.1) is 6.92 Å². The number of aryl methyl sites for hydroxylation is 1. The third kappa shape index (κ3) is 4.94. The molecule has 1 saturated heterocycles. The maximum atomic E-state index is 12.0. The molecule has 20 heavy (non-hydrogen) atoms. The van der Waals surface area contributed by atoms with Crippen LogP contribution in [0.1, 0.15) is 24.8 Å². The van der Waals surface area contributed by atoms with Gasteiger partial charge in [-0.3, -0.25) is 9.69 Å². The van der Waals surface area contributed by atoms with Crippen molar-refractivity contribution in [2.24, 2.45) is 0 Å². The van der Waals surface area contributed by atoms with Crippen molar-refractivity contribution in [3.8, 4) is 0 Å². The quantitative estimate of drug-likeness (QED) is 0.864. The average molecular weight is 275 g/mol. The lowest BCUT2D eigenvalue weighted by Crippen LogP contribution is -2.44. The lowest BCUT2D eigenvalue weighted by Gasteiger charge is -2.27. The molecule has 110 valence electrons. The van der Waals surface area contributed by atoms with Crippen LogP contribution in [0.4, 0.5) is 5.69 Å². The predicted molar refractivity (Wildman–Crippen MR) is 82.9 cm³/mol. The fraction of sp³-hybridized carbons (Fsp3) is 0.562. The highest BCUT2D eigenvalue weighted by atomic mass is 16.2. The molecule has 1 aliphatic heterocycles. The highest BCUT2D eigenvalue weighted by Crippen LogP contribution is 2.09. The van der Waals surface area contributed by atoms with Crippen LogP contribution in [-0.2, 0) is 4.79 Å². The van der Waals surface area contributed by atoms with Crippen LogP contribution < -0.4 is 10.6 Å². The molecule has 1 fully saturated rings. The van der Waals surface area contributed by atoms with Gasteiger partial charge in [-0.25, -0.2) is 0 Å². The van der Waals surface area contributed by atoms with E-state index in [0.29, 0.717) is 12.6 Å². The van der Waals surface area contributed by atoms with Crippen LogP contribution in [0.25, 0.3) is 0 Å². The first-order chi connectivity index (χ1) is 9.63. The van der Waals surface area contributed by atoms with E-state index in [2.05, 4.69) is 15.5 Å². The van der Waals surface area contributed by atoms with E-state index in [0.717, 1.165) is 18.8 Å². The third-order valence-electron chi connectivity index (χ3n) is 3.69. The van der Waals surface area contributed by atoms with Gasteiger partial charge in [0.05, 0.1) is 6.54 Å². The number of hydrogen-bond acceptors (Lipinski definition) is 3. The maximum absolute atomic E-state index is 12.0. The highest BCUT2D eigenvalue weighted by molar-refractivity contribution is 5.92. The first kappa shape index (κ1) is 15.0. The summed E-state index contributed by atoms with van der Waals surface area (Å²) in [6, 6.07) is 8.42. The smallest absolute Gasteiger partial charge is 0.238 e. The van der Waals surface area contributed by atoms with Gasteiger partial charge in [-0.2, -0.15) is 0 Å². The lowest BCUT2D eigenvalue weighted by atomic mass is 10.0. The summed E-state index contributed by atoms with van der Waals surface area (Å²) in [5.74, 6) is 0.0483. The van der Waals surface area contributed by atoms with Gasteiger partial charge < -0.3 is 10.6 Å². The molecule has 0 radical (unpaired) electrons. The highest BCUT2D eigenvalue weighted by Gasteiger charge is 2.16. The standard InChI is InChI=1S/C16H25N3O/c1-13-6-8-14(9-7-13)18-16(20)12-19(2)11-15-5-3-4-10-17-15/h6-9,15,17H,3-5,10-12H2,1-2H3,(H,18,20). The molecule has 0 spiro atoms. The number of carbonyl (C=O) groups is 1. The normalized spacial score (nSPS) is 19.1. The van der Waals surface area contributed by atoms with Gasteiger partial charge in [0, 0.05) is 18.3 Å². The van der Waals surface area contributed by atoms with Gasteiger partial charge in [-0.05, 0) is 45.5 Å². The Labute approximate surface area is 121 Å². The predicted octanol–water partition coefficient (Wildman–Crippen LogP) is 2.01. The minimum absolute atomic E-state index is 0.0483. The van der Waals surface area contributed by atoms with Crippen LogP contribution in [-0.4, -0.2) is 43.5 Å². The summed E-state index contributed by atoms with van der Waals surface area (Å²) >= 11 is 0. The number of piperidine rings is 1. The topological polar surface area (TPSA) is 44.4 Å². The number of nitrogens with zero attached hydrogens (tertiary/aromatic N) is 1. The fourth-order valence-corrected chi connectivity index (χ4v) is 2.60. The summed E-state index contributed by atoms with van der Waals surface area (Å²) in [5.41, 5.74) is 2.06. The summed E-state index contributed by atoms with van der Waals surface area (Å²) in [6.07, 6.45) is 3.78. The van der Waals surface area contributed by atoms with Crippen LogP contribution in [0.5, 0.6) is 0 Å². The lowest BCUT2D eigenvalue weighted by molar-refractivity contribution is -0.117. The molecule has 1 unspecified atom stereocenters. The zero-order chi connectivity index (χ0) is 14.4. The number of benzene rings is 1. The van der Waals surface area contributed by atoms with E-state index >= 15 is 0 Å². The van der Waals surface area contributed by atoms with E-state index in [1.165, 1.54) is 24.8 Å². The van der Waals surface area contributed by atoms with Crippen molar-refractivity contribution < 1.29 is 4.79 Å². The monoisotopic (exact) mass is 275 g/mol. The second-order valence-electron chi connectivity index (χ2n) is 5.76. The van der Waals surface area contributed by atoms with Gasteiger partial charge in [0.25, 0.3) is 0 Å². The average Bonchev–Trinajstić information content (AvgIpc) is 2.42. The minimum atomic E-state index is 0.0483. The number of amides is 1. The van der Waals surface area contributed by atoms with Gasteiger partial charge >= 0.3 is 0 Å². The van der Waals surface area contributed by atoms with Crippen LogP contribution in [0.3, 0.4) is 0 Å². The summed E-state index contributed by atoms with van der Waals surface area (Å²) in [7, 11) is 2.00. The van der Waals surface area contributed by atoms with Crippen molar-refractivity contribution >= 4 is 11.6 Å². The Morgan fingerprint density at radius 3 is 2.75 bits per heavy atom. The molecule has 0 aromatic heterocycles. The summed E-state index contributed by atoms with van der Waals surface area (Å²) in [5, 5.41) is 6.44. The Morgan fingerprint density at radius 1 is 1.35 bits per heavy atom. The minimum Gasteiger partial charge on any atom is -0.325 e. The first-order valence-corrected chi connectivity index (χ1v) is 7.42. The van der Waals surface area contributed by atoms with Crippen molar-refractivity contribution in [3.63, 3.8) is 0 Å². The number of anilines is 1. The zero-order valence-corrected chi connectivity index (χ0v) is 12.5. The van der Waals surface area contributed by atoms with E-state index in [1.54, 1.807) is 0 Å². The summed E-state index contributed by atoms with van der Waals surface area (Å²) < 4.78 is 0. The van der Waals surface area contributed by atoms with Crippen molar-refractivity contribution in [1.82, 2.24) is 10.2 Å². The van der Waals surface area contributed by atoms with E-state index in [4.69, 9.17) is 0 Å². The zero-order valence-electron chi connectivity index (χ0n) is 12.5. The third-order valence-corrected chi connectivity index (χ3v) is 3.69. The van der Waals surface area contributed by atoms with Gasteiger partial charge in [0.2, 0.25) is 5.91 Å². The van der Waals surface area contributed by atoms with Crippen LogP contribution in [0.15, 0.2) is 24.3 Å². The molecule has 0 bridgehead atoms. The van der Waals surface area contributed by atoms with Gasteiger partial charge in [-0.1, -0.05) is 24.1 Å². The Morgan fingerprint density at radius 2 is 2.10 bits per heavy atom. The van der Waals surface area contributed by atoms with Crippen LogP contribution >= 0.6 is 0 Å². The van der Waals surface area contributed by atoms with E-state index < -0.39 is 0 Å². The maximum Gasteiger partial charge on any atom is 0.238 e. The van der Waals surface area contributed by atoms with Crippen molar-refractivity contribution in [2.75, 3.05) is 32.0 Å². The Hall–Kier alpha value is -1.39. The fourth-order valence-electron chi connectivity index (χ4n) is 2.60. The molecule has 4 nitrogen and oxygen atoms in total. The SMILES string of the molecule is Cc1ccc(NC(=O)CN(C)CC2CCCCN2)cc1. The Bertz CT molecular complexity index is 424. The number of carbonyl (C=O) groups excluding carboxylic acids is 1. The van der Waals surface area contributed by atoms with Crippen molar-refractivity contribution in [3.05, 3.63) is 29.8 Å². The number of likely N-dealkylation sites (N-methyl/N-ethyl adjacent to an activating group) is 1. The molecule has 1 aromatic rings. The second kappa shape index (κ2) is 7.41. The largest absolute Gasteiger partial charge is 0.325 e. The molecule has 0 aliphatic carbocycles. The molecular weight excluding hydrogens is 250 g/mol. The van der Waals surface area contributed by atoms with Gasteiger partial charge in [0.15, 0.2) is 0 Å². The molecule has 1 aliphatic rings. The van der Waals surface area contributed by atoms with E-state index in [-0.39, 0.29) is 5.91 Å².